The van der Waals surface area contributed by atoms with Gasteiger partial charge in [0.25, 0.3) is 0 Å². The second-order valence-corrected chi connectivity index (χ2v) is 46.0. The predicted octanol–water partition coefficient (Wildman–Crippen LogP) is 5.10. The van der Waals surface area contributed by atoms with E-state index in [1.54, 1.807) is 0 Å². The van der Waals surface area contributed by atoms with Crippen LogP contribution >= 0.6 is 0 Å². The minimum atomic E-state index is -0.654. The third kappa shape index (κ3) is 23.7. The first-order valence-corrected chi connectivity index (χ1v) is 33.6. The van der Waals surface area contributed by atoms with Gasteiger partial charge in [-0.25, -0.2) is 0 Å². The molecule has 0 aliphatic carbocycles. The van der Waals surface area contributed by atoms with Crippen LogP contribution in [0.1, 0.15) is 0 Å². The molecule has 4 radical (unpaired) electrons. The van der Waals surface area contributed by atoms with Crippen LogP contribution in [-0.4, -0.2) is 63.3 Å². The molecule has 0 fully saturated rings. The van der Waals surface area contributed by atoms with E-state index in [1.165, 1.54) is 0 Å². The van der Waals surface area contributed by atoms with Crippen molar-refractivity contribution < 1.29 is 0 Å². The van der Waals surface area contributed by atoms with Gasteiger partial charge in [-0.2, -0.15) is 0 Å². The Morgan fingerprint density at radius 1 is 0.588 bits per heavy atom. The Hall–Kier alpha value is 2.25. The van der Waals surface area contributed by atoms with Gasteiger partial charge in [0.15, 0.2) is 0 Å². The molecule has 0 amide bonds. The molecule has 0 aromatic heterocycles. The SMILES string of the molecule is C[Si](C)[Si](C)(C)[Si](C)C.[CH3][Sn]([CH3])[CH3].[CH3][Sn]([CH3])[CH3]. The zero-order chi connectivity index (χ0) is 14.8. The molecule has 0 rings (SSSR count). The van der Waals surface area contributed by atoms with Crippen LogP contribution in [0.4, 0.5) is 0 Å². The van der Waals surface area contributed by atoms with Gasteiger partial charge in [-0.15, -0.1) is 0 Å². The summed E-state index contributed by atoms with van der Waals surface area (Å²) in [6, 6.07) is 0. The molecule has 0 saturated carbocycles. The summed E-state index contributed by atoms with van der Waals surface area (Å²) in [5.74, 6) is 0. The monoisotopic (exact) mass is 504 g/mol. The fraction of sp³-hybridized carbons (Fsp3) is 1.00. The Morgan fingerprint density at radius 2 is 0.706 bits per heavy atom. The molecule has 0 N–H and O–H groups in total. The molecule has 104 valence electrons. The molecule has 0 saturated heterocycles. The Balaban J connectivity index is -0.000000205. The molecule has 0 atom stereocenters. The van der Waals surface area contributed by atoms with Crippen LogP contribution in [0.25, 0.3) is 0 Å². The van der Waals surface area contributed by atoms with Crippen molar-refractivity contribution in [3.8, 4) is 0 Å². The van der Waals surface area contributed by atoms with Crippen LogP contribution in [0.2, 0.25) is 68.9 Å². The molecule has 0 aromatic rings. The summed E-state index contributed by atoms with van der Waals surface area (Å²) in [4.78, 5) is 14.2. The van der Waals surface area contributed by atoms with Gasteiger partial charge in [-0.05, 0) is 0 Å². The van der Waals surface area contributed by atoms with Crippen LogP contribution in [-0.2, 0) is 0 Å². The van der Waals surface area contributed by atoms with Gasteiger partial charge in [0.1, 0.15) is 0 Å². The number of rotatable bonds is 2. The van der Waals surface area contributed by atoms with Crippen molar-refractivity contribution in [1.29, 1.82) is 0 Å². The molecule has 17 heavy (non-hydrogen) atoms. The van der Waals surface area contributed by atoms with Gasteiger partial charge in [-0.3, -0.25) is 0 Å². The second kappa shape index (κ2) is 13.2. The van der Waals surface area contributed by atoms with Crippen molar-refractivity contribution in [3.05, 3.63) is 0 Å². The zero-order valence-corrected chi connectivity index (χ0v) is 23.2. The minimum absolute atomic E-state index is 0.0738. The van der Waals surface area contributed by atoms with Crippen molar-refractivity contribution >= 4 is 63.3 Å². The van der Waals surface area contributed by atoms with E-state index in [2.05, 4.69) is 68.9 Å². The number of hydrogen-bond acceptors (Lipinski definition) is 0. The Labute approximate surface area is 131 Å². The molecule has 0 aromatic carbocycles. The molecule has 0 spiro atoms. The van der Waals surface area contributed by atoms with Crippen LogP contribution in [0.3, 0.4) is 0 Å². The van der Waals surface area contributed by atoms with E-state index >= 15 is 0 Å². The first-order valence-electron chi connectivity index (χ1n) is 6.50. The number of hydrogen-bond donors (Lipinski definition) is 0. The molecule has 0 aliphatic rings. The summed E-state index contributed by atoms with van der Waals surface area (Å²) < 4.78 is 0. The van der Waals surface area contributed by atoms with Crippen molar-refractivity contribution in [2.24, 2.45) is 0 Å². The van der Waals surface area contributed by atoms with Crippen LogP contribution < -0.4 is 0 Å². The molecule has 0 aliphatic heterocycles. The summed E-state index contributed by atoms with van der Waals surface area (Å²) in [5.41, 5.74) is 0. The van der Waals surface area contributed by atoms with Crippen LogP contribution in [0, 0.1) is 0 Å². The summed E-state index contributed by atoms with van der Waals surface area (Å²) in [7, 11) is -0.507. The molecule has 5 heteroatoms. The average molecular weight is 502 g/mol. The van der Waals surface area contributed by atoms with Gasteiger partial charge in [0, 0.05) is 23.7 Å². The summed E-state index contributed by atoms with van der Waals surface area (Å²) >= 11 is -1.09. The van der Waals surface area contributed by atoms with Gasteiger partial charge in [0.2, 0.25) is 0 Å². The fourth-order valence-corrected chi connectivity index (χ4v) is 13.5. The first-order chi connectivity index (χ1) is 7.35. The van der Waals surface area contributed by atoms with Crippen LogP contribution in [0.15, 0.2) is 0 Å². The van der Waals surface area contributed by atoms with E-state index in [0.717, 1.165) is 0 Å². The second-order valence-electron chi connectivity index (χ2n) is 6.62. The fourth-order valence-electron chi connectivity index (χ4n) is 0.500. The van der Waals surface area contributed by atoms with Crippen molar-refractivity contribution in [2.45, 2.75) is 68.9 Å². The third-order valence-corrected chi connectivity index (χ3v) is 31.5. The first kappa shape index (κ1) is 24.3. The van der Waals surface area contributed by atoms with Gasteiger partial charge >= 0.3 is 69.2 Å². The van der Waals surface area contributed by atoms with E-state index in [4.69, 9.17) is 0 Å². The van der Waals surface area contributed by atoms with E-state index in [-0.39, 0.29) is 16.6 Å². The Kier molecular flexibility index (Phi) is 18.9. The average Bonchev–Trinajstić information content (AvgIpc) is 2.00. The van der Waals surface area contributed by atoms with Gasteiger partial charge in [0.05, 0.1) is 0 Å². The van der Waals surface area contributed by atoms with E-state index in [0.29, 0.717) is 0 Å². The summed E-state index contributed by atoms with van der Waals surface area (Å²) in [6.07, 6.45) is 0. The van der Waals surface area contributed by atoms with E-state index in [9.17, 15) is 0 Å². The molecular formula is C12H36Si3Sn2. The Morgan fingerprint density at radius 3 is 0.706 bits per heavy atom. The molecule has 0 nitrogen and oxygen atoms in total. The zero-order valence-electron chi connectivity index (χ0n) is 14.5. The van der Waals surface area contributed by atoms with Gasteiger partial charge < -0.3 is 0 Å². The van der Waals surface area contributed by atoms with Gasteiger partial charge in [-0.1, -0.05) is 39.3 Å². The molecule has 0 heterocycles. The standard InChI is InChI=1S/C6H18Si3.6CH3.2Sn/c1-7(2)9(5,6)8(3)4;;;;;;;;/h1-6H3;6*1H3;;. The predicted molar refractivity (Wildman–Crippen MR) is 99.1 cm³/mol. The van der Waals surface area contributed by atoms with E-state index < -0.39 is 46.6 Å². The molecule has 0 unspecified atom stereocenters. The Bertz CT molecular complexity index is 136. The quantitative estimate of drug-likeness (QED) is 0.462. The third-order valence-electron chi connectivity index (χ3n) is 2.50. The maximum atomic E-state index is 2.57. The molecule has 0 bridgehead atoms. The summed E-state index contributed by atoms with van der Waals surface area (Å²) in [5, 5.41) is 0. The van der Waals surface area contributed by atoms with Crippen molar-refractivity contribution in [1.82, 2.24) is 0 Å². The maximum absolute atomic E-state index is 2.57. The normalized spacial score (nSPS) is 11.3. The topological polar surface area (TPSA) is 0 Å². The van der Waals surface area contributed by atoms with Crippen molar-refractivity contribution in [3.63, 3.8) is 0 Å². The van der Waals surface area contributed by atoms with E-state index in [1.807, 2.05) is 0 Å². The van der Waals surface area contributed by atoms with Crippen molar-refractivity contribution in [2.75, 3.05) is 0 Å². The molecular weight excluding hydrogens is 466 g/mol. The summed E-state index contributed by atoms with van der Waals surface area (Å²) in [6.45, 7) is 15.1. The van der Waals surface area contributed by atoms with Crippen LogP contribution in [0.5, 0.6) is 0 Å².